The standard InChI is InChI=1S/C12H12ClNO3S2/c13-9-1-3-10(4-2-9)14-11(15)7-18-12(14)5-6-19(16,17)8-12/h1-4H,5-8H2. The largest absolute Gasteiger partial charge is 0.295 e. The van der Waals surface area contributed by atoms with Crippen LogP contribution >= 0.6 is 23.4 Å². The molecule has 0 bridgehead atoms. The van der Waals surface area contributed by atoms with Crippen molar-refractivity contribution in [1.82, 2.24) is 0 Å². The number of sulfone groups is 1. The molecule has 1 amide bonds. The number of benzene rings is 1. The van der Waals surface area contributed by atoms with E-state index in [0.717, 1.165) is 5.69 Å². The van der Waals surface area contributed by atoms with E-state index in [1.54, 1.807) is 29.2 Å². The smallest absolute Gasteiger partial charge is 0.238 e. The van der Waals surface area contributed by atoms with E-state index in [1.165, 1.54) is 11.8 Å². The lowest BCUT2D eigenvalue weighted by atomic mass is 10.1. The van der Waals surface area contributed by atoms with Crippen LogP contribution in [0.15, 0.2) is 24.3 Å². The highest BCUT2D eigenvalue weighted by Crippen LogP contribution is 2.46. The van der Waals surface area contributed by atoms with E-state index in [2.05, 4.69) is 0 Å². The second kappa shape index (κ2) is 4.40. The number of thioether (sulfide) groups is 1. The second-order valence-corrected chi connectivity index (χ2v) is 8.74. The Kier molecular flexibility index (Phi) is 3.07. The first-order chi connectivity index (χ1) is 8.92. The number of nitrogens with zero attached hydrogens (tertiary/aromatic N) is 1. The van der Waals surface area contributed by atoms with Gasteiger partial charge >= 0.3 is 0 Å². The Bertz CT molecular complexity index is 629. The van der Waals surface area contributed by atoms with E-state index in [0.29, 0.717) is 17.2 Å². The summed E-state index contributed by atoms with van der Waals surface area (Å²) in [4.78, 5) is 13.1. The maximum atomic E-state index is 12.1. The summed E-state index contributed by atoms with van der Waals surface area (Å²) < 4.78 is 23.5. The SMILES string of the molecule is O=C1CSC2(CCS(=O)(=O)C2)N1c1ccc(Cl)cc1. The van der Waals surface area contributed by atoms with Crippen molar-refractivity contribution in [3.8, 4) is 0 Å². The lowest BCUT2D eigenvalue weighted by molar-refractivity contribution is -0.116. The molecule has 3 rings (SSSR count). The Hall–Kier alpha value is -0.720. The van der Waals surface area contributed by atoms with Crippen molar-refractivity contribution >= 4 is 44.8 Å². The van der Waals surface area contributed by atoms with Crippen LogP contribution in [-0.2, 0) is 14.6 Å². The van der Waals surface area contributed by atoms with Crippen LogP contribution in [0.1, 0.15) is 6.42 Å². The molecule has 0 aromatic heterocycles. The number of halogens is 1. The quantitative estimate of drug-likeness (QED) is 0.794. The summed E-state index contributed by atoms with van der Waals surface area (Å²) in [5.74, 6) is 0.485. The molecule has 0 radical (unpaired) electrons. The van der Waals surface area contributed by atoms with Gasteiger partial charge in [-0.3, -0.25) is 9.69 Å². The van der Waals surface area contributed by atoms with Crippen LogP contribution in [-0.4, -0.2) is 36.5 Å². The van der Waals surface area contributed by atoms with Crippen molar-refractivity contribution in [2.75, 3.05) is 22.2 Å². The summed E-state index contributed by atoms with van der Waals surface area (Å²) >= 11 is 7.28. The highest BCUT2D eigenvalue weighted by Gasteiger charge is 2.53. The van der Waals surface area contributed by atoms with E-state index in [9.17, 15) is 13.2 Å². The first-order valence-corrected chi connectivity index (χ1v) is 9.03. The Morgan fingerprint density at radius 2 is 1.95 bits per heavy atom. The molecule has 1 spiro atoms. The van der Waals surface area contributed by atoms with Gasteiger partial charge in [0.25, 0.3) is 0 Å². The van der Waals surface area contributed by atoms with Crippen molar-refractivity contribution in [1.29, 1.82) is 0 Å². The molecule has 2 aliphatic rings. The molecule has 2 heterocycles. The van der Waals surface area contributed by atoms with E-state index < -0.39 is 14.7 Å². The minimum absolute atomic E-state index is 0.0376. The third kappa shape index (κ3) is 2.26. The van der Waals surface area contributed by atoms with Gasteiger partial charge in [0, 0.05) is 10.7 Å². The number of hydrogen-bond acceptors (Lipinski definition) is 4. The van der Waals surface area contributed by atoms with E-state index in [-0.39, 0.29) is 17.4 Å². The van der Waals surface area contributed by atoms with Crippen LogP contribution in [0.5, 0.6) is 0 Å². The number of carbonyl (C=O) groups is 1. The van der Waals surface area contributed by atoms with Crippen molar-refractivity contribution in [2.45, 2.75) is 11.3 Å². The van der Waals surface area contributed by atoms with E-state index in [1.807, 2.05) is 0 Å². The van der Waals surface area contributed by atoms with Crippen LogP contribution in [0.3, 0.4) is 0 Å². The summed E-state index contributed by atoms with van der Waals surface area (Å²) in [5, 5.41) is 0.594. The highest BCUT2D eigenvalue weighted by molar-refractivity contribution is 8.03. The number of anilines is 1. The molecule has 2 fully saturated rings. The summed E-state index contributed by atoms with van der Waals surface area (Å²) in [6, 6.07) is 6.95. The van der Waals surface area contributed by atoms with E-state index in [4.69, 9.17) is 11.6 Å². The monoisotopic (exact) mass is 317 g/mol. The fraction of sp³-hybridized carbons (Fsp3) is 0.417. The van der Waals surface area contributed by atoms with E-state index >= 15 is 0 Å². The molecule has 1 aromatic carbocycles. The summed E-state index contributed by atoms with van der Waals surface area (Å²) in [7, 11) is -3.05. The average molecular weight is 318 g/mol. The number of carbonyl (C=O) groups excluding carboxylic acids is 1. The summed E-state index contributed by atoms with van der Waals surface area (Å²) in [5.41, 5.74) is 0.719. The molecular weight excluding hydrogens is 306 g/mol. The van der Waals surface area contributed by atoms with Crippen LogP contribution in [0.4, 0.5) is 5.69 Å². The lowest BCUT2D eigenvalue weighted by Crippen LogP contribution is -2.45. The number of hydrogen-bond donors (Lipinski definition) is 0. The molecule has 1 atom stereocenters. The third-order valence-corrected chi connectivity index (χ3v) is 7.09. The molecule has 4 nitrogen and oxygen atoms in total. The molecular formula is C12H12ClNO3S2. The normalized spacial score (nSPS) is 29.3. The zero-order valence-electron chi connectivity index (χ0n) is 10.0. The van der Waals surface area contributed by atoms with Crippen molar-refractivity contribution in [3.05, 3.63) is 29.3 Å². The Morgan fingerprint density at radius 1 is 1.26 bits per heavy atom. The van der Waals surface area contributed by atoms with Gasteiger partial charge in [-0.25, -0.2) is 8.42 Å². The van der Waals surface area contributed by atoms with Crippen LogP contribution in [0.25, 0.3) is 0 Å². The molecule has 1 aromatic rings. The molecule has 2 aliphatic heterocycles. The first-order valence-electron chi connectivity index (χ1n) is 5.85. The number of rotatable bonds is 1. The minimum Gasteiger partial charge on any atom is -0.295 e. The molecule has 0 saturated carbocycles. The topological polar surface area (TPSA) is 54.5 Å². The summed E-state index contributed by atoms with van der Waals surface area (Å²) in [6.07, 6.45) is 0.494. The number of amides is 1. The second-order valence-electron chi connectivity index (χ2n) is 4.78. The van der Waals surface area contributed by atoms with Gasteiger partial charge in [0.15, 0.2) is 9.84 Å². The molecule has 102 valence electrons. The molecule has 7 heteroatoms. The van der Waals surface area contributed by atoms with Crippen LogP contribution in [0.2, 0.25) is 5.02 Å². The Balaban J connectivity index is 2.02. The highest BCUT2D eigenvalue weighted by atomic mass is 35.5. The zero-order valence-corrected chi connectivity index (χ0v) is 12.4. The molecule has 0 aliphatic carbocycles. The predicted octanol–water partition coefficient (Wildman–Crippen LogP) is 1.93. The predicted molar refractivity (Wildman–Crippen MR) is 77.4 cm³/mol. The minimum atomic E-state index is -3.05. The van der Waals surface area contributed by atoms with Gasteiger partial charge in [0.1, 0.15) is 4.87 Å². The van der Waals surface area contributed by atoms with Crippen molar-refractivity contribution in [3.63, 3.8) is 0 Å². The summed E-state index contributed by atoms with van der Waals surface area (Å²) in [6.45, 7) is 0. The van der Waals surface area contributed by atoms with Gasteiger partial charge in [-0.15, -0.1) is 11.8 Å². The van der Waals surface area contributed by atoms with Gasteiger partial charge in [-0.1, -0.05) is 11.6 Å². The van der Waals surface area contributed by atoms with Gasteiger partial charge in [0.05, 0.1) is 17.3 Å². The maximum Gasteiger partial charge on any atom is 0.238 e. The van der Waals surface area contributed by atoms with Crippen LogP contribution in [0, 0.1) is 0 Å². The lowest BCUT2D eigenvalue weighted by Gasteiger charge is -2.32. The third-order valence-electron chi connectivity index (χ3n) is 3.46. The molecule has 19 heavy (non-hydrogen) atoms. The maximum absolute atomic E-state index is 12.1. The molecule has 0 N–H and O–H groups in total. The zero-order chi connectivity index (χ0) is 13.7. The van der Waals surface area contributed by atoms with Gasteiger partial charge in [-0.2, -0.15) is 0 Å². The average Bonchev–Trinajstić information content (AvgIpc) is 2.82. The van der Waals surface area contributed by atoms with Crippen LogP contribution < -0.4 is 4.90 Å². The van der Waals surface area contributed by atoms with Crippen molar-refractivity contribution in [2.24, 2.45) is 0 Å². The Morgan fingerprint density at radius 3 is 2.53 bits per heavy atom. The fourth-order valence-corrected chi connectivity index (χ4v) is 6.60. The van der Waals surface area contributed by atoms with Crippen molar-refractivity contribution < 1.29 is 13.2 Å². The first kappa shape index (κ1) is 13.3. The fourth-order valence-electron chi connectivity index (χ4n) is 2.62. The molecule has 1 unspecified atom stereocenters. The van der Waals surface area contributed by atoms with Gasteiger partial charge in [0.2, 0.25) is 5.91 Å². The molecule has 2 saturated heterocycles. The van der Waals surface area contributed by atoms with Gasteiger partial charge in [-0.05, 0) is 30.7 Å². The van der Waals surface area contributed by atoms with Gasteiger partial charge < -0.3 is 0 Å². The Labute approximate surface area is 121 Å².